The summed E-state index contributed by atoms with van der Waals surface area (Å²) in [6.07, 6.45) is 1.61. The Morgan fingerprint density at radius 3 is 2.52 bits per heavy atom. The molecule has 2 aromatic carbocycles. The molecule has 8 nitrogen and oxygen atoms in total. The van der Waals surface area contributed by atoms with Crippen LogP contribution in [-0.2, 0) is 27.9 Å². The Balaban J connectivity index is 1.42. The van der Waals surface area contributed by atoms with Crippen molar-refractivity contribution in [2.75, 3.05) is 26.3 Å². The van der Waals surface area contributed by atoms with E-state index < -0.39 is 15.9 Å². The molecule has 1 aliphatic heterocycles. The minimum absolute atomic E-state index is 0.00832. The van der Waals surface area contributed by atoms with Crippen LogP contribution in [0.3, 0.4) is 0 Å². The van der Waals surface area contributed by atoms with E-state index in [2.05, 4.69) is 10.3 Å². The summed E-state index contributed by atoms with van der Waals surface area (Å²) in [6, 6.07) is 19.5. The molecule has 33 heavy (non-hydrogen) atoms. The smallest absolute Gasteiger partial charge is 0.252 e. The average molecular weight is 468 g/mol. The van der Waals surface area contributed by atoms with Crippen molar-refractivity contribution in [2.45, 2.75) is 18.0 Å². The SMILES string of the molecule is O=C(NCc1ccnc(OCc2ccccc2)c1)c1ccccc1S(=O)(=O)N1CCOCC1. The maximum Gasteiger partial charge on any atom is 0.252 e. The van der Waals surface area contributed by atoms with E-state index in [9.17, 15) is 13.2 Å². The van der Waals surface area contributed by atoms with Crippen LogP contribution >= 0.6 is 0 Å². The summed E-state index contributed by atoms with van der Waals surface area (Å²) < 4.78 is 38.5. The summed E-state index contributed by atoms with van der Waals surface area (Å²) in [7, 11) is -3.80. The molecule has 0 spiro atoms. The van der Waals surface area contributed by atoms with Crippen molar-refractivity contribution >= 4 is 15.9 Å². The molecular formula is C24H25N3O5S. The lowest BCUT2D eigenvalue weighted by molar-refractivity contribution is 0.0730. The quantitative estimate of drug-likeness (QED) is 0.547. The van der Waals surface area contributed by atoms with Crippen LogP contribution < -0.4 is 10.1 Å². The summed E-state index contributed by atoms with van der Waals surface area (Å²) in [5.41, 5.74) is 1.92. The predicted octanol–water partition coefficient (Wildman–Crippen LogP) is 2.61. The molecule has 0 unspecified atom stereocenters. The van der Waals surface area contributed by atoms with Gasteiger partial charge in [-0.3, -0.25) is 4.79 Å². The number of aromatic nitrogens is 1. The predicted molar refractivity (Wildman–Crippen MR) is 122 cm³/mol. The zero-order valence-electron chi connectivity index (χ0n) is 18.0. The fourth-order valence-corrected chi connectivity index (χ4v) is 5.05. The van der Waals surface area contributed by atoms with Crippen molar-refractivity contribution in [1.82, 2.24) is 14.6 Å². The van der Waals surface area contributed by atoms with Gasteiger partial charge in [-0.15, -0.1) is 0 Å². The lowest BCUT2D eigenvalue weighted by Crippen LogP contribution is -2.41. The van der Waals surface area contributed by atoms with E-state index in [4.69, 9.17) is 9.47 Å². The van der Waals surface area contributed by atoms with Gasteiger partial charge in [-0.2, -0.15) is 4.31 Å². The largest absolute Gasteiger partial charge is 0.473 e. The zero-order valence-corrected chi connectivity index (χ0v) is 18.8. The molecule has 0 saturated carbocycles. The number of carbonyl (C=O) groups is 1. The second kappa shape index (κ2) is 10.6. The minimum Gasteiger partial charge on any atom is -0.473 e. The van der Waals surface area contributed by atoms with Crippen LogP contribution in [0.2, 0.25) is 0 Å². The van der Waals surface area contributed by atoms with Crippen molar-refractivity contribution in [3.8, 4) is 5.88 Å². The van der Waals surface area contributed by atoms with Gasteiger partial charge in [0, 0.05) is 31.9 Å². The van der Waals surface area contributed by atoms with Crippen molar-refractivity contribution in [3.63, 3.8) is 0 Å². The van der Waals surface area contributed by atoms with Crippen LogP contribution in [0.5, 0.6) is 5.88 Å². The third-order valence-corrected chi connectivity index (χ3v) is 7.16. The van der Waals surface area contributed by atoms with Crippen molar-refractivity contribution in [2.24, 2.45) is 0 Å². The molecule has 2 heterocycles. The molecule has 4 rings (SSSR count). The topological polar surface area (TPSA) is 97.8 Å². The summed E-state index contributed by atoms with van der Waals surface area (Å²) in [4.78, 5) is 17.1. The number of morpholine rings is 1. The van der Waals surface area contributed by atoms with Gasteiger partial charge < -0.3 is 14.8 Å². The van der Waals surface area contributed by atoms with E-state index in [1.165, 1.54) is 16.4 Å². The second-order valence-electron chi connectivity index (χ2n) is 7.47. The number of hydrogen-bond donors (Lipinski definition) is 1. The number of nitrogens with one attached hydrogen (secondary N) is 1. The third kappa shape index (κ3) is 5.75. The maximum absolute atomic E-state index is 13.1. The standard InChI is InChI=1S/C24H25N3O5S/c28-24(21-8-4-5-9-22(21)33(29,30)27-12-14-31-15-13-27)26-17-20-10-11-25-23(16-20)32-18-19-6-2-1-3-7-19/h1-11,16H,12-15,17-18H2,(H,26,28). The minimum atomic E-state index is -3.80. The summed E-state index contributed by atoms with van der Waals surface area (Å²) in [6.45, 7) is 1.79. The summed E-state index contributed by atoms with van der Waals surface area (Å²) >= 11 is 0. The Labute approximate surface area is 193 Å². The molecule has 1 fully saturated rings. The van der Waals surface area contributed by atoms with E-state index in [1.807, 2.05) is 30.3 Å². The first-order chi connectivity index (χ1) is 16.0. The lowest BCUT2D eigenvalue weighted by atomic mass is 10.2. The van der Waals surface area contributed by atoms with Crippen LogP contribution in [0.1, 0.15) is 21.5 Å². The molecular weight excluding hydrogens is 442 g/mol. The highest BCUT2D eigenvalue weighted by molar-refractivity contribution is 7.89. The highest BCUT2D eigenvalue weighted by Crippen LogP contribution is 2.21. The number of amides is 1. The molecule has 1 amide bonds. The molecule has 1 N–H and O–H groups in total. The van der Waals surface area contributed by atoms with Gasteiger partial charge in [0.25, 0.3) is 5.91 Å². The molecule has 0 bridgehead atoms. The Bertz CT molecular complexity index is 1200. The van der Waals surface area contributed by atoms with Crippen molar-refractivity contribution in [3.05, 3.63) is 89.6 Å². The highest BCUT2D eigenvalue weighted by Gasteiger charge is 2.30. The number of benzene rings is 2. The number of sulfonamides is 1. The van der Waals surface area contributed by atoms with Crippen LogP contribution in [0, 0.1) is 0 Å². The van der Waals surface area contributed by atoms with Gasteiger partial charge in [0.05, 0.1) is 23.7 Å². The van der Waals surface area contributed by atoms with Gasteiger partial charge >= 0.3 is 0 Å². The molecule has 0 radical (unpaired) electrons. The second-order valence-corrected chi connectivity index (χ2v) is 9.38. The highest BCUT2D eigenvalue weighted by atomic mass is 32.2. The molecule has 1 saturated heterocycles. The molecule has 172 valence electrons. The molecule has 0 aliphatic carbocycles. The fourth-order valence-electron chi connectivity index (χ4n) is 3.45. The number of pyridine rings is 1. The number of ether oxygens (including phenoxy) is 2. The lowest BCUT2D eigenvalue weighted by Gasteiger charge is -2.26. The van der Waals surface area contributed by atoms with Gasteiger partial charge in [0.1, 0.15) is 6.61 Å². The normalized spacial score (nSPS) is 14.5. The molecule has 1 aliphatic rings. The fraction of sp³-hybridized carbons (Fsp3) is 0.250. The number of carbonyl (C=O) groups excluding carboxylic acids is 1. The molecule has 3 aromatic rings. The monoisotopic (exact) mass is 467 g/mol. The first-order valence-corrected chi connectivity index (χ1v) is 12.0. The van der Waals surface area contributed by atoms with Crippen molar-refractivity contribution in [1.29, 1.82) is 0 Å². The van der Waals surface area contributed by atoms with E-state index in [1.54, 1.807) is 30.5 Å². The average Bonchev–Trinajstić information content (AvgIpc) is 2.87. The summed E-state index contributed by atoms with van der Waals surface area (Å²) in [5, 5.41) is 2.80. The molecule has 0 atom stereocenters. The Hall–Kier alpha value is -3.27. The van der Waals surface area contributed by atoms with Gasteiger partial charge in [-0.05, 0) is 29.3 Å². The number of rotatable bonds is 8. The third-order valence-electron chi connectivity index (χ3n) is 5.20. The maximum atomic E-state index is 13.1. The van der Waals surface area contributed by atoms with Gasteiger partial charge in [-0.1, -0.05) is 42.5 Å². The zero-order chi connectivity index (χ0) is 23.1. The Kier molecular flexibility index (Phi) is 7.33. The van der Waals surface area contributed by atoms with E-state index in [-0.39, 0.29) is 30.1 Å². The Morgan fingerprint density at radius 1 is 1.00 bits per heavy atom. The number of nitrogens with zero attached hydrogens (tertiary/aromatic N) is 2. The van der Waals surface area contributed by atoms with Gasteiger partial charge in [0.15, 0.2) is 0 Å². The first kappa shape index (κ1) is 22.9. The van der Waals surface area contributed by atoms with E-state index in [0.29, 0.717) is 25.7 Å². The first-order valence-electron chi connectivity index (χ1n) is 10.6. The van der Waals surface area contributed by atoms with Crippen LogP contribution in [-0.4, -0.2) is 49.9 Å². The van der Waals surface area contributed by atoms with Gasteiger partial charge in [-0.25, -0.2) is 13.4 Å². The van der Waals surface area contributed by atoms with E-state index in [0.717, 1.165) is 11.1 Å². The summed E-state index contributed by atoms with van der Waals surface area (Å²) in [5.74, 6) is -0.0214. The molecule has 1 aromatic heterocycles. The van der Waals surface area contributed by atoms with Crippen LogP contribution in [0.15, 0.2) is 77.8 Å². The molecule has 9 heteroatoms. The van der Waals surface area contributed by atoms with E-state index >= 15 is 0 Å². The van der Waals surface area contributed by atoms with Crippen molar-refractivity contribution < 1.29 is 22.7 Å². The Morgan fingerprint density at radius 2 is 1.73 bits per heavy atom. The van der Waals surface area contributed by atoms with Crippen LogP contribution in [0.25, 0.3) is 0 Å². The van der Waals surface area contributed by atoms with Gasteiger partial charge in [0.2, 0.25) is 15.9 Å². The van der Waals surface area contributed by atoms with Crippen LogP contribution in [0.4, 0.5) is 0 Å². The number of hydrogen-bond acceptors (Lipinski definition) is 6.